The Balaban J connectivity index is 1.52. The van der Waals surface area contributed by atoms with Gasteiger partial charge in [-0.3, -0.25) is 9.59 Å². The van der Waals surface area contributed by atoms with Crippen LogP contribution in [0.3, 0.4) is 0 Å². The lowest BCUT2D eigenvalue weighted by molar-refractivity contribution is -0.132. The predicted octanol–water partition coefficient (Wildman–Crippen LogP) is 4.36. The third-order valence-corrected chi connectivity index (χ3v) is 5.54. The van der Waals surface area contributed by atoms with Crippen molar-refractivity contribution in [2.75, 3.05) is 43.0 Å². The molecule has 2 amide bonds. The van der Waals surface area contributed by atoms with Crippen molar-refractivity contribution >= 4 is 34.8 Å². The van der Waals surface area contributed by atoms with Crippen LogP contribution in [0.2, 0.25) is 5.02 Å². The van der Waals surface area contributed by atoms with Gasteiger partial charge in [0, 0.05) is 38.3 Å². The molecule has 0 aromatic heterocycles. The molecule has 0 bridgehead atoms. The zero-order valence-electron chi connectivity index (χ0n) is 18.4. The molecule has 7 heteroatoms. The molecular formula is C24H30ClN3O3. The van der Waals surface area contributed by atoms with Crippen molar-refractivity contribution in [3.63, 3.8) is 0 Å². The van der Waals surface area contributed by atoms with Gasteiger partial charge in [0.2, 0.25) is 5.91 Å². The number of amides is 2. The van der Waals surface area contributed by atoms with Gasteiger partial charge < -0.3 is 19.9 Å². The molecule has 1 aliphatic heterocycles. The molecule has 0 atom stereocenters. The fourth-order valence-corrected chi connectivity index (χ4v) is 3.88. The maximum Gasteiger partial charge on any atom is 0.262 e. The third-order valence-electron chi connectivity index (χ3n) is 5.24. The number of ether oxygens (including phenoxy) is 1. The van der Waals surface area contributed by atoms with Crippen molar-refractivity contribution in [1.29, 1.82) is 0 Å². The van der Waals surface area contributed by atoms with Gasteiger partial charge in [0.05, 0.1) is 10.7 Å². The lowest BCUT2D eigenvalue weighted by Gasteiger charge is -2.36. The van der Waals surface area contributed by atoms with Crippen molar-refractivity contribution in [2.45, 2.75) is 27.2 Å². The maximum atomic E-state index is 12.3. The van der Waals surface area contributed by atoms with Crippen LogP contribution < -0.4 is 15.0 Å². The summed E-state index contributed by atoms with van der Waals surface area (Å²) in [7, 11) is 0. The third kappa shape index (κ3) is 6.37. The Kier molecular flexibility index (Phi) is 7.80. The molecule has 2 aromatic rings. The fourth-order valence-electron chi connectivity index (χ4n) is 3.57. The van der Waals surface area contributed by atoms with E-state index in [1.807, 2.05) is 48.2 Å². The van der Waals surface area contributed by atoms with Crippen LogP contribution >= 0.6 is 11.6 Å². The Hall–Kier alpha value is -2.73. The van der Waals surface area contributed by atoms with Crippen LogP contribution in [-0.4, -0.2) is 49.5 Å². The number of hydrogen-bond acceptors (Lipinski definition) is 4. The average molecular weight is 444 g/mol. The first-order valence-electron chi connectivity index (χ1n) is 10.6. The zero-order chi connectivity index (χ0) is 22.4. The molecule has 6 nitrogen and oxygen atoms in total. The van der Waals surface area contributed by atoms with Crippen molar-refractivity contribution < 1.29 is 14.3 Å². The number of piperazine rings is 1. The van der Waals surface area contributed by atoms with Crippen LogP contribution in [0.25, 0.3) is 0 Å². The zero-order valence-corrected chi connectivity index (χ0v) is 19.1. The Bertz CT molecular complexity index is 924. The molecule has 0 saturated carbocycles. The molecule has 31 heavy (non-hydrogen) atoms. The average Bonchev–Trinajstić information content (AvgIpc) is 2.73. The van der Waals surface area contributed by atoms with Gasteiger partial charge in [-0.2, -0.15) is 0 Å². The summed E-state index contributed by atoms with van der Waals surface area (Å²) in [6.45, 7) is 8.83. The minimum absolute atomic E-state index is 0.0728. The highest BCUT2D eigenvalue weighted by Gasteiger charge is 2.23. The number of para-hydroxylation sites is 1. The summed E-state index contributed by atoms with van der Waals surface area (Å²) in [4.78, 5) is 28.6. The second-order valence-corrected chi connectivity index (χ2v) is 8.64. The number of carbonyl (C=O) groups is 2. The highest BCUT2D eigenvalue weighted by molar-refractivity contribution is 6.33. The number of rotatable bonds is 7. The monoisotopic (exact) mass is 443 g/mol. The summed E-state index contributed by atoms with van der Waals surface area (Å²) in [5, 5.41) is 3.39. The van der Waals surface area contributed by atoms with Gasteiger partial charge in [0.1, 0.15) is 5.75 Å². The maximum absolute atomic E-state index is 12.3. The van der Waals surface area contributed by atoms with E-state index >= 15 is 0 Å². The SMILES string of the molecule is Cc1ccccc1OCC(=O)Nc1ccc(N2CCN(C(=O)CC(C)C)CC2)c(Cl)c1. The van der Waals surface area contributed by atoms with E-state index < -0.39 is 0 Å². The molecule has 1 N–H and O–H groups in total. The highest BCUT2D eigenvalue weighted by Crippen LogP contribution is 2.30. The second kappa shape index (κ2) is 10.5. The minimum Gasteiger partial charge on any atom is -0.483 e. The first-order valence-corrected chi connectivity index (χ1v) is 11.0. The van der Waals surface area contributed by atoms with Gasteiger partial charge >= 0.3 is 0 Å². The quantitative estimate of drug-likeness (QED) is 0.690. The lowest BCUT2D eigenvalue weighted by Crippen LogP contribution is -2.49. The molecule has 0 aliphatic carbocycles. The van der Waals surface area contributed by atoms with E-state index in [-0.39, 0.29) is 18.4 Å². The Morgan fingerprint density at radius 1 is 1.10 bits per heavy atom. The highest BCUT2D eigenvalue weighted by atomic mass is 35.5. The summed E-state index contributed by atoms with van der Waals surface area (Å²) in [6, 6.07) is 13.1. The normalized spacial score (nSPS) is 14.0. The van der Waals surface area contributed by atoms with Crippen molar-refractivity contribution in [1.82, 2.24) is 4.90 Å². The lowest BCUT2D eigenvalue weighted by atomic mass is 10.1. The fraction of sp³-hybridized carbons (Fsp3) is 0.417. The summed E-state index contributed by atoms with van der Waals surface area (Å²) >= 11 is 6.50. The van der Waals surface area contributed by atoms with Crippen molar-refractivity contribution in [3.8, 4) is 5.75 Å². The molecule has 1 fully saturated rings. The van der Waals surface area contributed by atoms with Crippen LogP contribution in [0.4, 0.5) is 11.4 Å². The molecule has 166 valence electrons. The minimum atomic E-state index is -0.246. The first-order chi connectivity index (χ1) is 14.8. The predicted molar refractivity (Wildman–Crippen MR) is 125 cm³/mol. The molecule has 3 rings (SSSR count). The van der Waals surface area contributed by atoms with Gasteiger partial charge in [-0.1, -0.05) is 43.6 Å². The van der Waals surface area contributed by atoms with Gasteiger partial charge in [-0.15, -0.1) is 0 Å². The van der Waals surface area contributed by atoms with E-state index in [0.29, 0.717) is 41.9 Å². The molecule has 1 heterocycles. The molecule has 1 aliphatic rings. The van der Waals surface area contributed by atoms with E-state index in [2.05, 4.69) is 24.1 Å². The van der Waals surface area contributed by atoms with Crippen molar-refractivity contribution in [2.24, 2.45) is 5.92 Å². The van der Waals surface area contributed by atoms with E-state index in [4.69, 9.17) is 16.3 Å². The van der Waals surface area contributed by atoms with Crippen LogP contribution in [0, 0.1) is 12.8 Å². The van der Waals surface area contributed by atoms with Crippen LogP contribution in [0.5, 0.6) is 5.75 Å². The van der Waals surface area contributed by atoms with E-state index in [0.717, 1.165) is 24.3 Å². The number of carbonyl (C=O) groups excluding carboxylic acids is 2. The van der Waals surface area contributed by atoms with Crippen LogP contribution in [0.15, 0.2) is 42.5 Å². The van der Waals surface area contributed by atoms with Gasteiger partial charge in [-0.05, 0) is 42.7 Å². The Morgan fingerprint density at radius 2 is 1.81 bits per heavy atom. The van der Waals surface area contributed by atoms with E-state index in [1.54, 1.807) is 6.07 Å². The molecule has 0 unspecified atom stereocenters. The summed E-state index contributed by atoms with van der Waals surface area (Å²) in [5.74, 6) is 1.03. The molecular weight excluding hydrogens is 414 g/mol. The largest absolute Gasteiger partial charge is 0.483 e. The Labute approximate surface area is 189 Å². The van der Waals surface area contributed by atoms with Crippen molar-refractivity contribution in [3.05, 3.63) is 53.1 Å². The number of aryl methyl sites for hydroxylation is 1. The number of anilines is 2. The number of hydrogen-bond donors (Lipinski definition) is 1. The Morgan fingerprint density at radius 3 is 2.45 bits per heavy atom. The van der Waals surface area contributed by atoms with Crippen LogP contribution in [0.1, 0.15) is 25.8 Å². The van der Waals surface area contributed by atoms with Gasteiger partial charge in [-0.25, -0.2) is 0 Å². The van der Waals surface area contributed by atoms with Gasteiger partial charge in [0.15, 0.2) is 6.61 Å². The topological polar surface area (TPSA) is 61.9 Å². The standard InChI is InChI=1S/C24H30ClN3O3/c1-17(2)14-24(30)28-12-10-27(11-13-28)21-9-8-19(15-20(21)25)26-23(29)16-31-22-7-5-4-6-18(22)3/h4-9,15,17H,10-14,16H2,1-3H3,(H,26,29). The number of halogens is 1. The molecule has 0 spiro atoms. The smallest absolute Gasteiger partial charge is 0.262 e. The summed E-state index contributed by atoms with van der Waals surface area (Å²) in [6.07, 6.45) is 0.586. The molecule has 1 saturated heterocycles. The number of nitrogens with zero attached hydrogens (tertiary/aromatic N) is 2. The van der Waals surface area contributed by atoms with Gasteiger partial charge in [0.25, 0.3) is 5.91 Å². The number of nitrogens with one attached hydrogen (secondary N) is 1. The molecule has 2 aromatic carbocycles. The van der Waals surface area contributed by atoms with E-state index in [1.165, 1.54) is 0 Å². The summed E-state index contributed by atoms with van der Waals surface area (Å²) in [5.41, 5.74) is 2.51. The number of benzene rings is 2. The van der Waals surface area contributed by atoms with E-state index in [9.17, 15) is 9.59 Å². The second-order valence-electron chi connectivity index (χ2n) is 8.23. The van der Waals surface area contributed by atoms with Crippen LogP contribution in [-0.2, 0) is 9.59 Å². The summed E-state index contributed by atoms with van der Waals surface area (Å²) < 4.78 is 5.59. The first kappa shape index (κ1) is 22.9. The molecule has 0 radical (unpaired) electrons.